The number of amides is 1. The molecule has 4 nitrogen and oxygen atoms in total. The van der Waals surface area contributed by atoms with Gasteiger partial charge in [0.2, 0.25) is 0 Å². The highest BCUT2D eigenvalue weighted by molar-refractivity contribution is 6.04. The zero-order chi connectivity index (χ0) is 13.1. The van der Waals surface area contributed by atoms with Crippen LogP contribution in [0.1, 0.15) is 6.92 Å². The number of rotatable bonds is 3. The van der Waals surface area contributed by atoms with Crippen LogP contribution < -0.4 is 15.5 Å². The molecule has 1 aliphatic rings. The van der Waals surface area contributed by atoms with Crippen molar-refractivity contribution in [3.8, 4) is 0 Å². The number of carbonyl (C=O) groups excluding carboxylic acids is 1. The predicted molar refractivity (Wildman–Crippen MR) is 75.0 cm³/mol. The van der Waals surface area contributed by atoms with Gasteiger partial charge in [0.15, 0.2) is 0 Å². The maximum absolute atomic E-state index is 12.0. The summed E-state index contributed by atoms with van der Waals surface area (Å²) in [6.45, 7) is 3.54. The van der Waals surface area contributed by atoms with Gasteiger partial charge in [-0.2, -0.15) is 0 Å². The van der Waals surface area contributed by atoms with Gasteiger partial charge in [-0.3, -0.25) is 4.79 Å². The average molecular weight is 245 g/mol. The van der Waals surface area contributed by atoms with E-state index in [9.17, 15) is 4.79 Å². The van der Waals surface area contributed by atoms with Gasteiger partial charge in [0, 0.05) is 44.1 Å². The third-order valence-corrected chi connectivity index (χ3v) is 3.19. The molecule has 18 heavy (non-hydrogen) atoms. The molecule has 1 aromatic carbocycles. The molecule has 2 N–H and O–H groups in total. The molecule has 0 saturated carbocycles. The van der Waals surface area contributed by atoms with Crippen molar-refractivity contribution in [2.45, 2.75) is 6.92 Å². The maximum Gasteiger partial charge on any atom is 0.251 e. The van der Waals surface area contributed by atoms with Crippen LogP contribution in [0.4, 0.5) is 11.4 Å². The quantitative estimate of drug-likeness (QED) is 0.795. The summed E-state index contributed by atoms with van der Waals surface area (Å²) in [4.78, 5) is 14.0. The first kappa shape index (κ1) is 12.6. The Balaban J connectivity index is 2.03. The van der Waals surface area contributed by atoms with Crippen molar-refractivity contribution in [1.29, 1.82) is 0 Å². The fraction of sp³-hybridized carbons (Fsp3) is 0.357. The van der Waals surface area contributed by atoms with Crippen LogP contribution in [0.15, 0.2) is 35.4 Å². The average Bonchev–Trinajstić information content (AvgIpc) is 2.27. The summed E-state index contributed by atoms with van der Waals surface area (Å²) < 4.78 is 0. The minimum Gasteiger partial charge on any atom is -0.378 e. The number of benzene rings is 1. The molecule has 2 rings (SSSR count). The van der Waals surface area contributed by atoms with Gasteiger partial charge >= 0.3 is 0 Å². The van der Waals surface area contributed by atoms with Gasteiger partial charge < -0.3 is 15.5 Å². The lowest BCUT2D eigenvalue weighted by Gasteiger charge is -2.21. The molecule has 1 heterocycles. The van der Waals surface area contributed by atoms with Crippen LogP contribution in [0, 0.1) is 0 Å². The molecule has 0 spiro atoms. The number of hydrogen-bond donors (Lipinski definition) is 2. The number of anilines is 2. The van der Waals surface area contributed by atoms with Crippen LogP contribution in [0.2, 0.25) is 0 Å². The Morgan fingerprint density at radius 3 is 2.28 bits per heavy atom. The van der Waals surface area contributed by atoms with Gasteiger partial charge in [0.05, 0.1) is 0 Å². The van der Waals surface area contributed by atoms with Crippen molar-refractivity contribution < 1.29 is 4.79 Å². The molecule has 1 saturated heterocycles. The molecule has 1 fully saturated rings. The molecule has 96 valence electrons. The highest BCUT2D eigenvalue weighted by atomic mass is 16.1. The lowest BCUT2D eigenvalue weighted by atomic mass is 10.0. The smallest absolute Gasteiger partial charge is 0.251 e. The Bertz CT molecular complexity index is 468. The second-order valence-electron chi connectivity index (χ2n) is 4.73. The van der Waals surface area contributed by atoms with Crippen molar-refractivity contribution >= 4 is 17.3 Å². The summed E-state index contributed by atoms with van der Waals surface area (Å²) in [5.41, 5.74) is 3.96. The largest absolute Gasteiger partial charge is 0.378 e. The molecule has 0 atom stereocenters. The van der Waals surface area contributed by atoms with Crippen LogP contribution in [-0.2, 0) is 4.79 Å². The fourth-order valence-electron chi connectivity index (χ4n) is 1.74. The molecular weight excluding hydrogens is 226 g/mol. The third kappa shape index (κ3) is 2.71. The molecule has 0 radical (unpaired) electrons. The number of nitrogens with zero attached hydrogens (tertiary/aromatic N) is 1. The summed E-state index contributed by atoms with van der Waals surface area (Å²) in [6.07, 6.45) is 0. The summed E-state index contributed by atoms with van der Waals surface area (Å²) >= 11 is 0. The van der Waals surface area contributed by atoms with Crippen LogP contribution in [0.3, 0.4) is 0 Å². The first-order valence-electron chi connectivity index (χ1n) is 6.06. The van der Waals surface area contributed by atoms with Crippen molar-refractivity contribution in [2.75, 3.05) is 37.4 Å². The Labute approximate surface area is 108 Å². The summed E-state index contributed by atoms with van der Waals surface area (Å²) in [7, 11) is 3.98. The summed E-state index contributed by atoms with van der Waals surface area (Å²) in [5, 5.41) is 6.05. The molecule has 0 bridgehead atoms. The van der Waals surface area contributed by atoms with Gasteiger partial charge in [0.25, 0.3) is 5.91 Å². The Hall–Kier alpha value is -1.81. The highest BCUT2D eigenvalue weighted by Gasteiger charge is 2.15. The Morgan fingerprint density at radius 1 is 1.22 bits per heavy atom. The standard InChI is InChI=1S/C14H19N3O/c1-10(11-8-15-9-11)14(18)16-12-4-6-13(7-5-12)17(2)3/h4-7,15H,8-9H2,1-3H3,(H,16,18). The Morgan fingerprint density at radius 2 is 1.83 bits per heavy atom. The SMILES string of the molecule is CC(C(=O)Nc1ccc(N(C)C)cc1)=C1CNC1. The summed E-state index contributed by atoms with van der Waals surface area (Å²) in [5.74, 6) is -0.0101. The predicted octanol–water partition coefficient (Wildman–Crippen LogP) is 1.61. The van der Waals surface area contributed by atoms with E-state index in [2.05, 4.69) is 10.6 Å². The van der Waals surface area contributed by atoms with Gasteiger partial charge in [-0.25, -0.2) is 0 Å². The van der Waals surface area contributed by atoms with E-state index in [4.69, 9.17) is 0 Å². The molecule has 1 amide bonds. The van der Waals surface area contributed by atoms with Crippen molar-refractivity contribution in [3.63, 3.8) is 0 Å². The second-order valence-corrected chi connectivity index (χ2v) is 4.73. The zero-order valence-electron chi connectivity index (χ0n) is 11.1. The normalized spacial score (nSPS) is 13.8. The van der Waals surface area contributed by atoms with Crippen molar-refractivity contribution in [1.82, 2.24) is 5.32 Å². The molecule has 0 aliphatic carbocycles. The van der Waals surface area contributed by atoms with E-state index >= 15 is 0 Å². The number of carbonyl (C=O) groups is 1. The van der Waals surface area contributed by atoms with Crippen molar-refractivity contribution in [2.24, 2.45) is 0 Å². The molecule has 1 aromatic rings. The van der Waals surface area contributed by atoms with Crippen LogP contribution in [0.5, 0.6) is 0 Å². The van der Waals surface area contributed by atoms with Gasteiger partial charge in [-0.15, -0.1) is 0 Å². The van der Waals surface area contributed by atoms with Gasteiger partial charge in [-0.05, 0) is 36.8 Å². The minimum atomic E-state index is -0.0101. The molecule has 1 aliphatic heterocycles. The molecule has 4 heteroatoms. The van der Waals surface area contributed by atoms with Crippen LogP contribution >= 0.6 is 0 Å². The van der Waals surface area contributed by atoms with E-state index in [1.165, 1.54) is 5.57 Å². The van der Waals surface area contributed by atoms with Crippen molar-refractivity contribution in [3.05, 3.63) is 35.4 Å². The highest BCUT2D eigenvalue weighted by Crippen LogP contribution is 2.17. The molecule has 0 unspecified atom stereocenters. The van der Waals surface area contributed by atoms with E-state index in [0.717, 1.165) is 30.0 Å². The first-order valence-corrected chi connectivity index (χ1v) is 6.06. The Kier molecular flexibility index (Phi) is 3.67. The van der Waals surface area contributed by atoms with Crippen LogP contribution in [-0.4, -0.2) is 33.1 Å². The van der Waals surface area contributed by atoms with E-state index in [1.54, 1.807) is 0 Å². The van der Waals surface area contributed by atoms with E-state index in [0.29, 0.717) is 0 Å². The maximum atomic E-state index is 12.0. The zero-order valence-corrected chi connectivity index (χ0v) is 11.1. The number of nitrogens with one attached hydrogen (secondary N) is 2. The third-order valence-electron chi connectivity index (χ3n) is 3.19. The molecular formula is C14H19N3O. The lowest BCUT2D eigenvalue weighted by Crippen LogP contribution is -2.36. The fourth-order valence-corrected chi connectivity index (χ4v) is 1.74. The minimum absolute atomic E-state index is 0.0101. The second kappa shape index (κ2) is 5.23. The molecule has 0 aromatic heterocycles. The van der Waals surface area contributed by atoms with E-state index < -0.39 is 0 Å². The monoisotopic (exact) mass is 245 g/mol. The number of hydrogen-bond acceptors (Lipinski definition) is 3. The first-order chi connectivity index (χ1) is 8.58. The summed E-state index contributed by atoms with van der Waals surface area (Å²) in [6, 6.07) is 7.82. The topological polar surface area (TPSA) is 44.4 Å². The van der Waals surface area contributed by atoms with E-state index in [1.807, 2.05) is 50.2 Å². The van der Waals surface area contributed by atoms with Gasteiger partial charge in [0.1, 0.15) is 0 Å². The lowest BCUT2D eigenvalue weighted by molar-refractivity contribution is -0.112. The van der Waals surface area contributed by atoms with Crippen LogP contribution in [0.25, 0.3) is 0 Å². The van der Waals surface area contributed by atoms with Gasteiger partial charge in [-0.1, -0.05) is 0 Å². The van der Waals surface area contributed by atoms with E-state index in [-0.39, 0.29) is 5.91 Å².